The molecule has 0 N–H and O–H groups in total. The Morgan fingerprint density at radius 3 is 3.00 bits per heavy atom. The zero-order valence-electron chi connectivity index (χ0n) is 8.78. The second kappa shape index (κ2) is 5.02. The highest BCUT2D eigenvalue weighted by Crippen LogP contribution is 2.30. The fourth-order valence-corrected chi connectivity index (χ4v) is 2.29. The molecular weight excluding hydrogens is 289 g/mol. The summed E-state index contributed by atoms with van der Waals surface area (Å²) in [6, 6.07) is 3.96. The van der Waals surface area contributed by atoms with Crippen LogP contribution in [0.3, 0.4) is 0 Å². The van der Waals surface area contributed by atoms with Gasteiger partial charge in [0, 0.05) is 22.8 Å². The molecule has 4 heteroatoms. The Hall–Kier alpha value is -0.800. The Morgan fingerprint density at radius 1 is 1.56 bits per heavy atom. The van der Waals surface area contributed by atoms with Gasteiger partial charge in [-0.1, -0.05) is 27.5 Å². The van der Waals surface area contributed by atoms with Crippen molar-refractivity contribution >= 4 is 27.5 Å². The van der Waals surface area contributed by atoms with Crippen molar-refractivity contribution in [1.29, 1.82) is 0 Å². The fourth-order valence-electron chi connectivity index (χ4n) is 1.51. The third-order valence-electron chi connectivity index (χ3n) is 2.37. The van der Waals surface area contributed by atoms with Crippen molar-refractivity contribution in [3.63, 3.8) is 0 Å². The predicted molar refractivity (Wildman–Crippen MR) is 68.1 cm³/mol. The standard InChI is InChI=1S/C12H11BrClNO/c1-8-4-10(7-16-8)11(13)5-9-2-3-15-6-12(9)14/h2-4,6-7,11H,5H2,1H3. The number of aromatic nitrogens is 1. The number of nitrogens with zero attached hydrogens (tertiary/aromatic N) is 1. The van der Waals surface area contributed by atoms with Crippen molar-refractivity contribution in [2.24, 2.45) is 0 Å². The van der Waals surface area contributed by atoms with Gasteiger partial charge in [0.1, 0.15) is 5.76 Å². The van der Waals surface area contributed by atoms with Crippen molar-refractivity contribution in [3.05, 3.63) is 52.7 Å². The number of rotatable bonds is 3. The number of pyridine rings is 1. The molecule has 0 fully saturated rings. The van der Waals surface area contributed by atoms with Crippen LogP contribution in [-0.4, -0.2) is 4.98 Å². The smallest absolute Gasteiger partial charge is 0.101 e. The Morgan fingerprint density at radius 2 is 2.38 bits per heavy atom. The topological polar surface area (TPSA) is 26.0 Å². The number of alkyl halides is 1. The lowest BCUT2D eigenvalue weighted by Gasteiger charge is -2.08. The molecule has 0 aliphatic rings. The molecule has 1 unspecified atom stereocenters. The molecule has 0 radical (unpaired) electrons. The molecule has 0 bridgehead atoms. The van der Waals surface area contributed by atoms with Crippen LogP contribution < -0.4 is 0 Å². The van der Waals surface area contributed by atoms with Gasteiger partial charge in [0.2, 0.25) is 0 Å². The quantitative estimate of drug-likeness (QED) is 0.789. The van der Waals surface area contributed by atoms with Crippen LogP contribution in [0.25, 0.3) is 0 Å². The molecule has 16 heavy (non-hydrogen) atoms. The van der Waals surface area contributed by atoms with E-state index in [0.717, 1.165) is 23.3 Å². The van der Waals surface area contributed by atoms with Gasteiger partial charge < -0.3 is 4.42 Å². The minimum absolute atomic E-state index is 0.213. The molecule has 0 aliphatic carbocycles. The highest BCUT2D eigenvalue weighted by Gasteiger charge is 2.12. The number of furan rings is 1. The maximum atomic E-state index is 6.05. The summed E-state index contributed by atoms with van der Waals surface area (Å²) in [5.41, 5.74) is 2.21. The molecule has 84 valence electrons. The van der Waals surface area contributed by atoms with Crippen LogP contribution in [0, 0.1) is 6.92 Å². The number of halogens is 2. The van der Waals surface area contributed by atoms with Crippen LogP contribution in [0.4, 0.5) is 0 Å². The third-order valence-corrected chi connectivity index (χ3v) is 3.56. The summed E-state index contributed by atoms with van der Waals surface area (Å²) in [4.78, 5) is 4.18. The van der Waals surface area contributed by atoms with E-state index in [1.807, 2.05) is 19.1 Å². The number of hydrogen-bond donors (Lipinski definition) is 0. The van der Waals surface area contributed by atoms with Gasteiger partial charge in [-0.2, -0.15) is 0 Å². The Labute approximate surface area is 108 Å². The van der Waals surface area contributed by atoms with Crippen LogP contribution >= 0.6 is 27.5 Å². The van der Waals surface area contributed by atoms with Gasteiger partial charge in [-0.25, -0.2) is 0 Å². The summed E-state index contributed by atoms with van der Waals surface area (Å²) >= 11 is 9.69. The van der Waals surface area contributed by atoms with Crippen molar-refractivity contribution in [1.82, 2.24) is 4.98 Å². The molecule has 0 aromatic carbocycles. The monoisotopic (exact) mass is 299 g/mol. The minimum Gasteiger partial charge on any atom is -0.469 e. The zero-order valence-corrected chi connectivity index (χ0v) is 11.1. The van der Waals surface area contributed by atoms with E-state index in [0.29, 0.717) is 5.02 Å². The SMILES string of the molecule is Cc1cc(C(Br)Cc2ccncc2Cl)co1. The number of hydrogen-bond acceptors (Lipinski definition) is 2. The maximum absolute atomic E-state index is 6.05. The average molecular weight is 301 g/mol. The van der Waals surface area contributed by atoms with E-state index in [1.165, 1.54) is 0 Å². The van der Waals surface area contributed by atoms with Crippen LogP contribution in [0.2, 0.25) is 5.02 Å². The summed E-state index contributed by atoms with van der Waals surface area (Å²) < 4.78 is 5.28. The molecule has 2 aromatic rings. The third kappa shape index (κ3) is 2.66. The van der Waals surface area contributed by atoms with E-state index in [2.05, 4.69) is 20.9 Å². The summed E-state index contributed by atoms with van der Waals surface area (Å²) in [6.45, 7) is 1.93. The van der Waals surface area contributed by atoms with E-state index in [4.69, 9.17) is 16.0 Å². The molecule has 2 nitrogen and oxygen atoms in total. The van der Waals surface area contributed by atoms with Gasteiger partial charge >= 0.3 is 0 Å². The van der Waals surface area contributed by atoms with Gasteiger partial charge in [0.25, 0.3) is 0 Å². The molecule has 0 amide bonds. The maximum Gasteiger partial charge on any atom is 0.101 e. The van der Waals surface area contributed by atoms with Crippen LogP contribution in [0.1, 0.15) is 21.7 Å². The second-order valence-corrected chi connectivity index (χ2v) is 5.14. The lowest BCUT2D eigenvalue weighted by molar-refractivity contribution is 0.531. The van der Waals surface area contributed by atoms with Crippen molar-refractivity contribution in [2.75, 3.05) is 0 Å². The van der Waals surface area contributed by atoms with Crippen molar-refractivity contribution < 1.29 is 4.42 Å². The zero-order chi connectivity index (χ0) is 11.5. The molecule has 2 rings (SSSR count). The summed E-state index contributed by atoms with van der Waals surface area (Å²) in [7, 11) is 0. The van der Waals surface area contributed by atoms with Gasteiger partial charge in [0.05, 0.1) is 11.3 Å². The molecule has 0 aliphatic heterocycles. The first-order valence-corrected chi connectivity index (χ1v) is 6.23. The van der Waals surface area contributed by atoms with E-state index in [9.17, 15) is 0 Å². The second-order valence-electron chi connectivity index (χ2n) is 3.63. The van der Waals surface area contributed by atoms with E-state index in [-0.39, 0.29) is 4.83 Å². The molecule has 2 heterocycles. The Kier molecular flexibility index (Phi) is 3.66. The van der Waals surface area contributed by atoms with E-state index in [1.54, 1.807) is 18.7 Å². The first-order chi connectivity index (χ1) is 7.66. The molecule has 2 aromatic heterocycles. The van der Waals surface area contributed by atoms with Crippen molar-refractivity contribution in [3.8, 4) is 0 Å². The Bertz CT molecular complexity index is 483. The normalized spacial score (nSPS) is 12.7. The molecule has 0 spiro atoms. The first kappa shape index (κ1) is 11.7. The fraction of sp³-hybridized carbons (Fsp3) is 0.250. The molecule has 1 atom stereocenters. The first-order valence-electron chi connectivity index (χ1n) is 4.94. The predicted octanol–water partition coefficient (Wildman–Crippen LogP) is 4.32. The highest BCUT2D eigenvalue weighted by atomic mass is 79.9. The molecular formula is C12H11BrClNO. The van der Waals surface area contributed by atoms with Gasteiger partial charge in [-0.15, -0.1) is 0 Å². The van der Waals surface area contributed by atoms with Crippen LogP contribution in [-0.2, 0) is 6.42 Å². The van der Waals surface area contributed by atoms with Gasteiger partial charge in [0.15, 0.2) is 0 Å². The summed E-state index contributed by atoms with van der Waals surface area (Å²) in [6.07, 6.45) is 6.00. The average Bonchev–Trinajstić information content (AvgIpc) is 2.68. The lowest BCUT2D eigenvalue weighted by atomic mass is 10.1. The minimum atomic E-state index is 0.213. The molecule has 0 saturated heterocycles. The largest absolute Gasteiger partial charge is 0.469 e. The van der Waals surface area contributed by atoms with E-state index >= 15 is 0 Å². The van der Waals surface area contributed by atoms with Crippen LogP contribution in [0.5, 0.6) is 0 Å². The van der Waals surface area contributed by atoms with Gasteiger partial charge in [-0.05, 0) is 31.0 Å². The Balaban J connectivity index is 2.13. The lowest BCUT2D eigenvalue weighted by Crippen LogP contribution is -1.95. The highest BCUT2D eigenvalue weighted by molar-refractivity contribution is 9.09. The summed E-state index contributed by atoms with van der Waals surface area (Å²) in [5.74, 6) is 0.917. The van der Waals surface area contributed by atoms with Crippen LogP contribution in [0.15, 0.2) is 35.2 Å². The number of aryl methyl sites for hydroxylation is 1. The molecule has 0 saturated carbocycles. The summed E-state index contributed by atoms with van der Waals surface area (Å²) in [5, 5.41) is 0.701. The van der Waals surface area contributed by atoms with Gasteiger partial charge in [-0.3, -0.25) is 4.98 Å². The van der Waals surface area contributed by atoms with E-state index < -0.39 is 0 Å². The van der Waals surface area contributed by atoms with Crippen molar-refractivity contribution in [2.45, 2.75) is 18.2 Å².